The highest BCUT2D eigenvalue weighted by Gasteiger charge is 2.22. The monoisotopic (exact) mass is 478 g/mol. The first kappa shape index (κ1) is 21.7. The second-order valence-corrected chi connectivity index (χ2v) is 9.15. The van der Waals surface area contributed by atoms with Gasteiger partial charge in [0, 0.05) is 24.3 Å². The lowest BCUT2D eigenvalue weighted by Gasteiger charge is -2.30. The Kier molecular flexibility index (Phi) is 6.44. The largest absolute Gasteiger partial charge is 0.378 e. The highest BCUT2D eigenvalue weighted by molar-refractivity contribution is 7.13. The maximum absolute atomic E-state index is 13.5. The SMILES string of the molecule is O=C(Nc1cc(Cl)ccc1N1CCOCC1)c1cn(Cc2ccccc2)nc1-c1cccs1. The molecule has 0 bridgehead atoms. The molecule has 1 saturated heterocycles. The van der Waals surface area contributed by atoms with Crippen LogP contribution in [0.15, 0.2) is 72.2 Å². The number of nitrogens with zero attached hydrogens (tertiary/aromatic N) is 3. The maximum Gasteiger partial charge on any atom is 0.259 e. The zero-order valence-electron chi connectivity index (χ0n) is 17.9. The number of carbonyl (C=O) groups is 1. The summed E-state index contributed by atoms with van der Waals surface area (Å²) in [5.74, 6) is -0.213. The Balaban J connectivity index is 1.46. The molecule has 2 aromatic carbocycles. The van der Waals surface area contributed by atoms with Gasteiger partial charge in [-0.05, 0) is 35.2 Å². The molecular formula is C25H23ClN4O2S. The number of nitrogens with one attached hydrogen (secondary N) is 1. The van der Waals surface area contributed by atoms with Gasteiger partial charge in [0.25, 0.3) is 5.91 Å². The highest BCUT2D eigenvalue weighted by Crippen LogP contribution is 2.32. The number of hydrogen-bond donors (Lipinski definition) is 1. The molecule has 33 heavy (non-hydrogen) atoms. The molecule has 1 N–H and O–H groups in total. The molecule has 0 atom stereocenters. The van der Waals surface area contributed by atoms with Gasteiger partial charge in [0.15, 0.2) is 0 Å². The number of hydrogen-bond acceptors (Lipinski definition) is 5. The molecule has 8 heteroatoms. The predicted molar refractivity (Wildman–Crippen MR) is 134 cm³/mol. The zero-order valence-corrected chi connectivity index (χ0v) is 19.5. The molecule has 0 aliphatic carbocycles. The van der Waals surface area contributed by atoms with Crippen molar-refractivity contribution < 1.29 is 9.53 Å². The van der Waals surface area contributed by atoms with Gasteiger partial charge in [-0.2, -0.15) is 5.10 Å². The fourth-order valence-electron chi connectivity index (χ4n) is 3.91. The van der Waals surface area contributed by atoms with E-state index in [0.29, 0.717) is 41.7 Å². The number of aromatic nitrogens is 2. The van der Waals surface area contributed by atoms with Crippen molar-refractivity contribution in [3.63, 3.8) is 0 Å². The number of thiophene rings is 1. The van der Waals surface area contributed by atoms with Gasteiger partial charge in [-0.3, -0.25) is 9.48 Å². The molecule has 1 aliphatic rings. The fourth-order valence-corrected chi connectivity index (χ4v) is 4.81. The minimum Gasteiger partial charge on any atom is -0.378 e. The number of morpholine rings is 1. The molecule has 168 valence electrons. The number of benzene rings is 2. The highest BCUT2D eigenvalue weighted by atomic mass is 35.5. The minimum absolute atomic E-state index is 0.213. The van der Waals surface area contributed by atoms with Crippen molar-refractivity contribution in [2.45, 2.75) is 6.54 Å². The Morgan fingerprint density at radius 1 is 1.09 bits per heavy atom. The summed E-state index contributed by atoms with van der Waals surface area (Å²) in [4.78, 5) is 16.6. The van der Waals surface area contributed by atoms with Gasteiger partial charge in [-0.25, -0.2) is 0 Å². The van der Waals surface area contributed by atoms with Crippen LogP contribution < -0.4 is 10.2 Å². The summed E-state index contributed by atoms with van der Waals surface area (Å²) < 4.78 is 7.30. The van der Waals surface area contributed by atoms with Crippen molar-refractivity contribution >= 4 is 40.2 Å². The lowest BCUT2D eigenvalue weighted by molar-refractivity contribution is 0.102. The lowest BCUT2D eigenvalue weighted by Crippen LogP contribution is -2.36. The molecule has 2 aromatic heterocycles. The first-order valence-corrected chi connectivity index (χ1v) is 12.0. The molecule has 5 rings (SSSR count). The van der Waals surface area contributed by atoms with Crippen LogP contribution >= 0.6 is 22.9 Å². The Bertz CT molecular complexity index is 1230. The van der Waals surface area contributed by atoms with Crippen molar-refractivity contribution in [3.8, 4) is 10.6 Å². The second-order valence-electron chi connectivity index (χ2n) is 7.77. The zero-order chi connectivity index (χ0) is 22.6. The number of halogens is 1. The van der Waals surface area contributed by atoms with Crippen LogP contribution in [0.3, 0.4) is 0 Å². The summed E-state index contributed by atoms with van der Waals surface area (Å²) >= 11 is 7.85. The average molecular weight is 479 g/mol. The minimum atomic E-state index is -0.213. The summed E-state index contributed by atoms with van der Waals surface area (Å²) in [6, 6.07) is 19.6. The van der Waals surface area contributed by atoms with Gasteiger partial charge < -0.3 is 15.0 Å². The van der Waals surface area contributed by atoms with Crippen molar-refractivity contribution in [1.29, 1.82) is 0 Å². The molecule has 1 fully saturated rings. The Labute approximate surface area is 201 Å². The van der Waals surface area contributed by atoms with E-state index in [1.165, 1.54) is 0 Å². The number of rotatable bonds is 6. The maximum atomic E-state index is 13.5. The third kappa shape index (κ3) is 4.95. The van der Waals surface area contributed by atoms with E-state index in [-0.39, 0.29) is 5.91 Å². The van der Waals surface area contributed by atoms with Crippen LogP contribution in [-0.2, 0) is 11.3 Å². The van der Waals surface area contributed by atoms with Crippen LogP contribution in [0.5, 0.6) is 0 Å². The average Bonchev–Trinajstić information content (AvgIpc) is 3.51. The second kappa shape index (κ2) is 9.79. The molecule has 0 unspecified atom stereocenters. The van der Waals surface area contributed by atoms with Gasteiger partial charge >= 0.3 is 0 Å². The standard InChI is InChI=1S/C25H23ClN4O2S/c26-19-8-9-22(29-10-12-32-13-11-29)21(15-19)27-25(31)20-17-30(16-18-5-2-1-3-6-18)28-24(20)23-7-4-14-33-23/h1-9,14-15,17H,10-13,16H2,(H,27,31). The van der Waals surface area contributed by atoms with Crippen LogP contribution in [-0.4, -0.2) is 42.0 Å². The van der Waals surface area contributed by atoms with Crippen LogP contribution in [0.1, 0.15) is 15.9 Å². The topological polar surface area (TPSA) is 59.4 Å². The number of ether oxygens (including phenoxy) is 1. The Hall–Kier alpha value is -3.13. The van der Waals surface area contributed by atoms with Gasteiger partial charge in [0.05, 0.1) is 41.6 Å². The van der Waals surface area contributed by atoms with E-state index < -0.39 is 0 Å². The van der Waals surface area contributed by atoms with E-state index in [2.05, 4.69) is 10.2 Å². The van der Waals surface area contributed by atoms with Crippen LogP contribution in [0.4, 0.5) is 11.4 Å². The van der Waals surface area contributed by atoms with Crippen LogP contribution in [0.25, 0.3) is 10.6 Å². The van der Waals surface area contributed by atoms with E-state index in [0.717, 1.165) is 29.2 Å². The van der Waals surface area contributed by atoms with Crippen molar-refractivity contribution in [2.24, 2.45) is 0 Å². The lowest BCUT2D eigenvalue weighted by atomic mass is 10.1. The summed E-state index contributed by atoms with van der Waals surface area (Å²) in [5, 5.41) is 10.4. The summed E-state index contributed by atoms with van der Waals surface area (Å²) in [7, 11) is 0. The van der Waals surface area contributed by atoms with E-state index in [4.69, 9.17) is 21.4 Å². The van der Waals surface area contributed by atoms with E-state index >= 15 is 0 Å². The fraction of sp³-hybridized carbons (Fsp3) is 0.200. The molecule has 3 heterocycles. The van der Waals surface area contributed by atoms with Gasteiger partial charge in [-0.15, -0.1) is 11.3 Å². The summed E-state index contributed by atoms with van der Waals surface area (Å²) in [5.41, 5.74) is 3.94. The summed E-state index contributed by atoms with van der Waals surface area (Å²) in [6.07, 6.45) is 1.82. The van der Waals surface area contributed by atoms with Gasteiger partial charge in [0.2, 0.25) is 0 Å². The summed E-state index contributed by atoms with van der Waals surface area (Å²) in [6.45, 7) is 3.43. The molecule has 1 amide bonds. The van der Waals surface area contributed by atoms with Crippen LogP contribution in [0, 0.1) is 0 Å². The van der Waals surface area contributed by atoms with E-state index in [9.17, 15) is 4.79 Å². The van der Waals surface area contributed by atoms with E-state index in [1.54, 1.807) is 17.4 Å². The molecule has 4 aromatic rings. The molecular weight excluding hydrogens is 456 g/mol. The quantitative estimate of drug-likeness (QED) is 0.403. The smallest absolute Gasteiger partial charge is 0.259 e. The van der Waals surface area contributed by atoms with Crippen LogP contribution in [0.2, 0.25) is 5.02 Å². The third-order valence-electron chi connectivity index (χ3n) is 5.51. The van der Waals surface area contributed by atoms with Crippen molar-refractivity contribution in [3.05, 3.63) is 88.4 Å². The molecule has 0 spiro atoms. The Morgan fingerprint density at radius 2 is 1.91 bits per heavy atom. The molecule has 0 saturated carbocycles. The first-order chi connectivity index (χ1) is 16.2. The molecule has 0 radical (unpaired) electrons. The van der Waals surface area contributed by atoms with E-state index in [1.807, 2.05) is 70.9 Å². The Morgan fingerprint density at radius 3 is 2.67 bits per heavy atom. The molecule has 6 nitrogen and oxygen atoms in total. The third-order valence-corrected chi connectivity index (χ3v) is 6.62. The van der Waals surface area contributed by atoms with Gasteiger partial charge in [0.1, 0.15) is 5.69 Å². The molecule has 1 aliphatic heterocycles. The first-order valence-electron chi connectivity index (χ1n) is 10.8. The van der Waals surface area contributed by atoms with Crippen molar-refractivity contribution in [2.75, 3.05) is 36.5 Å². The van der Waals surface area contributed by atoms with Gasteiger partial charge in [-0.1, -0.05) is 48.0 Å². The number of amides is 1. The predicted octanol–water partition coefficient (Wildman–Crippen LogP) is 5.40. The number of carbonyl (C=O) groups excluding carboxylic acids is 1. The normalized spacial score (nSPS) is 13.8. The van der Waals surface area contributed by atoms with Crippen molar-refractivity contribution in [1.82, 2.24) is 9.78 Å². The number of anilines is 2.